The number of carbonyl (C=O) groups excluding carboxylic acids is 1. The van der Waals surface area contributed by atoms with Crippen LogP contribution in [0.3, 0.4) is 0 Å². The lowest BCUT2D eigenvalue weighted by Crippen LogP contribution is -2.29. The van der Waals surface area contributed by atoms with Crippen molar-refractivity contribution in [3.05, 3.63) is 35.4 Å². The van der Waals surface area contributed by atoms with Crippen molar-refractivity contribution >= 4 is 5.91 Å². The SMILES string of the molecule is CCC(CC)c1ccc(CNC(=O)CN)cc1. The molecule has 0 aliphatic heterocycles. The number of amides is 1. The summed E-state index contributed by atoms with van der Waals surface area (Å²) >= 11 is 0. The van der Waals surface area contributed by atoms with Crippen molar-refractivity contribution in [2.24, 2.45) is 5.73 Å². The number of hydrogen-bond acceptors (Lipinski definition) is 2. The average molecular weight is 234 g/mol. The summed E-state index contributed by atoms with van der Waals surface area (Å²) in [5.74, 6) is 0.525. The lowest BCUT2D eigenvalue weighted by molar-refractivity contribution is -0.119. The summed E-state index contributed by atoms with van der Waals surface area (Å²) in [4.78, 5) is 11.0. The molecule has 0 saturated heterocycles. The maximum atomic E-state index is 11.0. The van der Waals surface area contributed by atoms with Crippen LogP contribution >= 0.6 is 0 Å². The lowest BCUT2D eigenvalue weighted by atomic mass is 9.93. The summed E-state index contributed by atoms with van der Waals surface area (Å²) in [5, 5.41) is 2.76. The molecule has 3 heteroatoms. The van der Waals surface area contributed by atoms with E-state index in [9.17, 15) is 4.79 Å². The van der Waals surface area contributed by atoms with E-state index in [2.05, 4.69) is 43.4 Å². The second kappa shape index (κ2) is 7.07. The normalized spacial score (nSPS) is 10.6. The Hall–Kier alpha value is -1.35. The second-order valence-electron chi connectivity index (χ2n) is 4.24. The van der Waals surface area contributed by atoms with E-state index < -0.39 is 0 Å². The van der Waals surface area contributed by atoms with Crippen LogP contribution in [0.2, 0.25) is 0 Å². The molecule has 17 heavy (non-hydrogen) atoms. The van der Waals surface area contributed by atoms with Crippen molar-refractivity contribution in [1.82, 2.24) is 5.32 Å². The first-order chi connectivity index (χ1) is 8.21. The smallest absolute Gasteiger partial charge is 0.234 e. The number of carbonyl (C=O) groups is 1. The highest BCUT2D eigenvalue weighted by atomic mass is 16.1. The minimum absolute atomic E-state index is 0.0474. The molecule has 3 nitrogen and oxygen atoms in total. The van der Waals surface area contributed by atoms with Gasteiger partial charge in [0.15, 0.2) is 0 Å². The highest BCUT2D eigenvalue weighted by Crippen LogP contribution is 2.22. The van der Waals surface area contributed by atoms with Gasteiger partial charge in [-0.25, -0.2) is 0 Å². The van der Waals surface area contributed by atoms with Crippen molar-refractivity contribution < 1.29 is 4.79 Å². The van der Waals surface area contributed by atoms with Crippen LogP contribution in [0.4, 0.5) is 0 Å². The molecule has 0 saturated carbocycles. The lowest BCUT2D eigenvalue weighted by Gasteiger charge is -2.13. The predicted octanol–water partition coefficient (Wildman–Crippen LogP) is 2.17. The van der Waals surface area contributed by atoms with Gasteiger partial charge in [-0.05, 0) is 29.9 Å². The van der Waals surface area contributed by atoms with Gasteiger partial charge in [0.2, 0.25) is 5.91 Å². The summed E-state index contributed by atoms with van der Waals surface area (Å²) in [7, 11) is 0. The third-order valence-corrected chi connectivity index (χ3v) is 3.11. The molecule has 3 N–H and O–H groups in total. The first-order valence-corrected chi connectivity index (χ1v) is 6.26. The molecular formula is C14H22N2O. The fraction of sp³-hybridized carbons (Fsp3) is 0.500. The number of nitrogens with two attached hydrogens (primary N) is 1. The van der Waals surface area contributed by atoms with Crippen molar-refractivity contribution in [2.75, 3.05) is 6.54 Å². The van der Waals surface area contributed by atoms with E-state index in [-0.39, 0.29) is 12.5 Å². The van der Waals surface area contributed by atoms with Crippen molar-refractivity contribution in [3.63, 3.8) is 0 Å². The third-order valence-electron chi connectivity index (χ3n) is 3.11. The Balaban J connectivity index is 2.58. The molecule has 1 aromatic rings. The minimum atomic E-state index is -0.117. The Morgan fingerprint density at radius 3 is 2.29 bits per heavy atom. The number of hydrogen-bond donors (Lipinski definition) is 2. The molecule has 0 spiro atoms. The summed E-state index contributed by atoms with van der Waals surface area (Å²) in [6.07, 6.45) is 2.33. The van der Waals surface area contributed by atoms with Crippen LogP contribution < -0.4 is 11.1 Å². The van der Waals surface area contributed by atoms with Crippen LogP contribution in [0.25, 0.3) is 0 Å². The van der Waals surface area contributed by atoms with Crippen molar-refractivity contribution in [3.8, 4) is 0 Å². The van der Waals surface area contributed by atoms with E-state index in [0.717, 1.165) is 5.56 Å². The summed E-state index contributed by atoms with van der Waals surface area (Å²) in [6.45, 7) is 5.03. The van der Waals surface area contributed by atoms with Crippen LogP contribution in [0.15, 0.2) is 24.3 Å². The molecule has 1 aromatic carbocycles. The van der Waals surface area contributed by atoms with Gasteiger partial charge >= 0.3 is 0 Å². The van der Waals surface area contributed by atoms with Crippen LogP contribution in [0, 0.1) is 0 Å². The summed E-state index contributed by atoms with van der Waals surface area (Å²) in [5.41, 5.74) is 7.72. The quantitative estimate of drug-likeness (QED) is 0.792. The van der Waals surface area contributed by atoms with E-state index in [1.54, 1.807) is 0 Å². The molecule has 1 rings (SSSR count). The van der Waals surface area contributed by atoms with Gasteiger partial charge < -0.3 is 11.1 Å². The molecule has 0 bridgehead atoms. The Labute approximate surface area is 103 Å². The average Bonchev–Trinajstić information content (AvgIpc) is 2.38. The standard InChI is InChI=1S/C14H22N2O/c1-3-12(4-2)13-7-5-11(6-8-13)10-16-14(17)9-15/h5-8,12H,3-4,9-10,15H2,1-2H3,(H,16,17). The molecular weight excluding hydrogens is 212 g/mol. The summed E-state index contributed by atoms with van der Waals surface area (Å²) in [6, 6.07) is 8.46. The predicted molar refractivity (Wildman–Crippen MR) is 70.7 cm³/mol. The Bertz CT molecular complexity index is 342. The zero-order chi connectivity index (χ0) is 12.7. The zero-order valence-electron chi connectivity index (χ0n) is 10.7. The second-order valence-corrected chi connectivity index (χ2v) is 4.24. The van der Waals surface area contributed by atoms with Gasteiger partial charge in [-0.15, -0.1) is 0 Å². The first kappa shape index (κ1) is 13.7. The highest BCUT2D eigenvalue weighted by Gasteiger charge is 2.06. The topological polar surface area (TPSA) is 55.1 Å². The zero-order valence-corrected chi connectivity index (χ0v) is 10.7. The molecule has 0 aliphatic rings. The van der Waals surface area contributed by atoms with Gasteiger partial charge in [-0.3, -0.25) is 4.79 Å². The highest BCUT2D eigenvalue weighted by molar-refractivity contribution is 5.77. The molecule has 0 fully saturated rings. The minimum Gasteiger partial charge on any atom is -0.351 e. The van der Waals surface area contributed by atoms with Crippen molar-refractivity contribution in [1.29, 1.82) is 0 Å². The van der Waals surface area contributed by atoms with E-state index in [1.165, 1.54) is 18.4 Å². The molecule has 0 aromatic heterocycles. The molecule has 94 valence electrons. The van der Waals surface area contributed by atoms with Gasteiger partial charge in [-0.1, -0.05) is 38.1 Å². The number of rotatable bonds is 6. The van der Waals surface area contributed by atoms with Gasteiger partial charge in [0.05, 0.1) is 6.54 Å². The summed E-state index contributed by atoms with van der Waals surface area (Å²) < 4.78 is 0. The molecule has 0 heterocycles. The molecule has 0 unspecified atom stereocenters. The first-order valence-electron chi connectivity index (χ1n) is 6.26. The van der Waals surface area contributed by atoms with Gasteiger partial charge in [0.25, 0.3) is 0 Å². The van der Waals surface area contributed by atoms with Gasteiger partial charge in [0, 0.05) is 6.54 Å². The Morgan fingerprint density at radius 1 is 1.24 bits per heavy atom. The van der Waals surface area contributed by atoms with Crippen LogP contribution in [-0.2, 0) is 11.3 Å². The van der Waals surface area contributed by atoms with Crippen LogP contribution in [0.5, 0.6) is 0 Å². The van der Waals surface area contributed by atoms with Crippen LogP contribution in [0.1, 0.15) is 43.7 Å². The maximum absolute atomic E-state index is 11.0. The molecule has 0 atom stereocenters. The van der Waals surface area contributed by atoms with Crippen molar-refractivity contribution in [2.45, 2.75) is 39.2 Å². The largest absolute Gasteiger partial charge is 0.351 e. The Morgan fingerprint density at radius 2 is 1.82 bits per heavy atom. The van der Waals surface area contributed by atoms with Gasteiger partial charge in [0.1, 0.15) is 0 Å². The van der Waals surface area contributed by atoms with E-state index in [4.69, 9.17) is 5.73 Å². The monoisotopic (exact) mass is 234 g/mol. The maximum Gasteiger partial charge on any atom is 0.234 e. The fourth-order valence-corrected chi connectivity index (χ4v) is 1.94. The van der Waals surface area contributed by atoms with Crippen LogP contribution in [-0.4, -0.2) is 12.5 Å². The van der Waals surface area contributed by atoms with E-state index >= 15 is 0 Å². The van der Waals surface area contributed by atoms with E-state index in [1.807, 2.05) is 0 Å². The fourth-order valence-electron chi connectivity index (χ4n) is 1.94. The number of nitrogens with one attached hydrogen (secondary N) is 1. The van der Waals surface area contributed by atoms with Gasteiger partial charge in [-0.2, -0.15) is 0 Å². The third kappa shape index (κ3) is 4.19. The molecule has 0 aliphatic carbocycles. The van der Waals surface area contributed by atoms with E-state index in [0.29, 0.717) is 12.5 Å². The molecule has 0 radical (unpaired) electrons. The number of benzene rings is 1. The Kier molecular flexibility index (Phi) is 5.70. The molecule has 1 amide bonds.